The zero-order chi connectivity index (χ0) is 30.2. The fourth-order valence-electron chi connectivity index (χ4n) is 6.24. The molecule has 2 N–H and O–H groups in total. The summed E-state index contributed by atoms with van der Waals surface area (Å²) in [6, 6.07) is 7.86. The minimum Gasteiger partial charge on any atom is -0.378 e. The normalized spacial score (nSPS) is 24.6. The molecule has 2 aliphatic heterocycles. The number of hydrogen-bond acceptors (Lipinski definition) is 6. The number of ether oxygens (including phenoxy) is 1. The van der Waals surface area contributed by atoms with Gasteiger partial charge in [-0.15, -0.1) is 0 Å². The van der Waals surface area contributed by atoms with E-state index in [9.17, 15) is 4.79 Å². The lowest BCUT2D eigenvalue weighted by molar-refractivity contribution is -0.118. The molecule has 224 valence electrons. The van der Waals surface area contributed by atoms with Crippen LogP contribution in [-0.2, 0) is 14.9 Å². The molecule has 0 spiro atoms. The maximum Gasteiger partial charge on any atom is 0.242 e. The first-order valence-electron chi connectivity index (χ1n) is 14.0. The molecule has 2 fully saturated rings. The molecule has 1 aromatic heterocycles. The van der Waals surface area contributed by atoms with Crippen LogP contribution in [0.3, 0.4) is 0 Å². The lowest BCUT2D eigenvalue weighted by Gasteiger charge is -2.40. The lowest BCUT2D eigenvalue weighted by Crippen LogP contribution is -2.44. The molecule has 2 saturated heterocycles. The topological polar surface area (TPSA) is 79.4 Å². The first-order chi connectivity index (χ1) is 19.9. The maximum absolute atomic E-state index is 15.8. The van der Waals surface area contributed by atoms with Crippen LogP contribution in [0, 0.1) is 17.0 Å². The first kappa shape index (κ1) is 30.6. The minimum absolute atomic E-state index is 0.0723. The average molecular weight is 619 g/mol. The van der Waals surface area contributed by atoms with Crippen molar-refractivity contribution in [1.82, 2.24) is 15.3 Å². The van der Waals surface area contributed by atoms with Gasteiger partial charge in [0.25, 0.3) is 0 Å². The summed E-state index contributed by atoms with van der Waals surface area (Å²) >= 11 is 12.4. The van der Waals surface area contributed by atoms with E-state index in [1.807, 2.05) is 11.8 Å². The summed E-state index contributed by atoms with van der Waals surface area (Å²) in [4.78, 5) is 24.9. The van der Waals surface area contributed by atoms with E-state index < -0.39 is 41.0 Å². The summed E-state index contributed by atoms with van der Waals surface area (Å²) in [7, 11) is 0. The molecule has 0 radical (unpaired) electrons. The third-order valence-electron chi connectivity index (χ3n) is 8.21. The Bertz CT molecular complexity index is 1450. The fraction of sp³-hybridized carbons (Fsp3) is 0.452. The van der Waals surface area contributed by atoms with E-state index in [-0.39, 0.29) is 21.0 Å². The summed E-state index contributed by atoms with van der Waals surface area (Å²) in [6.45, 7) is 10.6. The Kier molecular flexibility index (Phi) is 8.77. The number of amides is 1. The maximum atomic E-state index is 15.8. The van der Waals surface area contributed by atoms with Crippen LogP contribution >= 0.6 is 23.2 Å². The molecule has 7 nitrogen and oxygen atoms in total. The highest BCUT2D eigenvalue weighted by Gasteiger charge is 2.57. The second-order valence-corrected chi connectivity index (χ2v) is 13.2. The Morgan fingerprint density at radius 2 is 1.83 bits per heavy atom. The van der Waals surface area contributed by atoms with E-state index >= 15 is 8.78 Å². The zero-order valence-corrected chi connectivity index (χ0v) is 25.6. The van der Waals surface area contributed by atoms with Crippen LogP contribution < -0.4 is 15.5 Å². The zero-order valence-electron chi connectivity index (χ0n) is 24.1. The van der Waals surface area contributed by atoms with Crippen LogP contribution in [0.25, 0.3) is 0 Å². The number of halogens is 4. The third kappa shape index (κ3) is 6.11. The number of nitrogens with zero attached hydrogens (tertiary/aromatic N) is 3. The van der Waals surface area contributed by atoms with Gasteiger partial charge >= 0.3 is 0 Å². The van der Waals surface area contributed by atoms with Gasteiger partial charge in [-0.1, -0.05) is 69.1 Å². The average Bonchev–Trinajstić information content (AvgIpc) is 3.22. The number of rotatable bonds is 6. The Morgan fingerprint density at radius 3 is 2.48 bits per heavy atom. The third-order valence-corrected chi connectivity index (χ3v) is 8.74. The van der Waals surface area contributed by atoms with Gasteiger partial charge in [0, 0.05) is 35.5 Å². The number of aromatic nitrogens is 2. The van der Waals surface area contributed by atoms with Crippen molar-refractivity contribution in [3.8, 4) is 0 Å². The SMILES string of the molecule is CC(C)(C)C[C@@H]1N[C@@H](C(=O)Nc2cnc(N3CCOCC3)nc2)[C@H](c2cccc(Cl)c2F)[C@@]1(C)c1ccc(Cl)cc1F. The molecule has 11 heteroatoms. The van der Waals surface area contributed by atoms with E-state index in [2.05, 4.69) is 41.4 Å². The monoisotopic (exact) mass is 617 g/mol. The summed E-state index contributed by atoms with van der Waals surface area (Å²) in [5.41, 5.74) is -0.309. The van der Waals surface area contributed by atoms with Crippen molar-refractivity contribution in [3.63, 3.8) is 0 Å². The van der Waals surface area contributed by atoms with Gasteiger partial charge in [0.15, 0.2) is 0 Å². The molecule has 0 bridgehead atoms. The standard InChI is InChI=1S/C31H35Cl2F2N5O2/c1-30(2,3)15-24-31(4,21-9-8-18(32)14-23(21)34)25(20-6-5-7-22(33)26(20)35)27(39-24)28(41)38-19-16-36-29(37-17-19)40-10-12-42-13-11-40/h5-9,14,16-17,24-25,27,39H,10-13,15H2,1-4H3,(H,38,41)/t24-,25-,27+,31-/m0/s1. The molecular formula is C31H35Cl2F2N5O2. The van der Waals surface area contributed by atoms with Gasteiger partial charge in [-0.05, 0) is 41.2 Å². The number of anilines is 2. The molecular weight excluding hydrogens is 583 g/mol. The van der Waals surface area contributed by atoms with Crippen molar-refractivity contribution in [2.75, 3.05) is 36.5 Å². The second kappa shape index (κ2) is 12.0. The Balaban J connectivity index is 1.56. The summed E-state index contributed by atoms with van der Waals surface area (Å²) in [5.74, 6) is -1.86. The second-order valence-electron chi connectivity index (χ2n) is 12.3. The van der Waals surface area contributed by atoms with E-state index in [0.717, 1.165) is 0 Å². The van der Waals surface area contributed by atoms with Crippen molar-refractivity contribution < 1.29 is 18.3 Å². The van der Waals surface area contributed by atoms with E-state index in [4.69, 9.17) is 27.9 Å². The van der Waals surface area contributed by atoms with Gasteiger partial charge in [0.05, 0.1) is 42.4 Å². The van der Waals surface area contributed by atoms with E-state index in [1.165, 1.54) is 12.1 Å². The van der Waals surface area contributed by atoms with E-state index in [0.29, 0.717) is 49.9 Å². The number of benzene rings is 2. The molecule has 4 atom stereocenters. The molecule has 5 rings (SSSR count). The van der Waals surface area contributed by atoms with Crippen molar-refractivity contribution in [1.29, 1.82) is 0 Å². The molecule has 0 saturated carbocycles. The highest BCUT2D eigenvalue weighted by atomic mass is 35.5. The predicted octanol–water partition coefficient (Wildman–Crippen LogP) is 6.36. The van der Waals surface area contributed by atoms with Crippen molar-refractivity contribution in [2.24, 2.45) is 5.41 Å². The Labute approximate surface area is 255 Å². The number of hydrogen-bond donors (Lipinski definition) is 2. The molecule has 1 amide bonds. The number of nitrogens with one attached hydrogen (secondary N) is 2. The van der Waals surface area contributed by atoms with Gasteiger partial charge in [-0.2, -0.15) is 0 Å². The van der Waals surface area contributed by atoms with Gasteiger partial charge in [0.2, 0.25) is 11.9 Å². The van der Waals surface area contributed by atoms with Gasteiger partial charge in [-0.25, -0.2) is 18.7 Å². The Morgan fingerprint density at radius 1 is 1.14 bits per heavy atom. The van der Waals surface area contributed by atoms with Crippen LogP contribution in [0.2, 0.25) is 10.0 Å². The molecule has 3 heterocycles. The van der Waals surface area contributed by atoms with Crippen molar-refractivity contribution in [3.05, 3.63) is 81.6 Å². The van der Waals surface area contributed by atoms with Crippen molar-refractivity contribution in [2.45, 2.75) is 57.5 Å². The molecule has 0 aliphatic carbocycles. The molecule has 2 aliphatic rings. The quantitative estimate of drug-likeness (QED) is 0.335. The molecule has 3 aromatic rings. The number of carbonyl (C=O) groups is 1. The number of morpholine rings is 1. The molecule has 0 unspecified atom stereocenters. The predicted molar refractivity (Wildman–Crippen MR) is 161 cm³/mol. The van der Waals surface area contributed by atoms with Crippen molar-refractivity contribution >= 4 is 40.7 Å². The highest BCUT2D eigenvalue weighted by molar-refractivity contribution is 6.31. The van der Waals surface area contributed by atoms with Crippen LogP contribution in [-0.4, -0.2) is 54.3 Å². The molecule has 42 heavy (non-hydrogen) atoms. The van der Waals surface area contributed by atoms with E-state index in [1.54, 1.807) is 36.7 Å². The highest BCUT2D eigenvalue weighted by Crippen LogP contribution is 2.52. The Hall–Kier alpha value is -2.85. The fourth-order valence-corrected chi connectivity index (χ4v) is 6.58. The number of carbonyl (C=O) groups excluding carboxylic acids is 1. The first-order valence-corrected chi connectivity index (χ1v) is 14.7. The van der Waals surface area contributed by atoms with Crippen LogP contribution in [0.1, 0.15) is 51.2 Å². The van der Waals surface area contributed by atoms with Crippen LogP contribution in [0.4, 0.5) is 20.4 Å². The summed E-state index contributed by atoms with van der Waals surface area (Å²) in [6.07, 6.45) is 3.67. The van der Waals surface area contributed by atoms with Gasteiger partial charge in [0.1, 0.15) is 11.6 Å². The minimum atomic E-state index is -1.06. The largest absolute Gasteiger partial charge is 0.378 e. The van der Waals surface area contributed by atoms with Gasteiger partial charge < -0.3 is 20.3 Å². The van der Waals surface area contributed by atoms with Gasteiger partial charge in [-0.3, -0.25) is 4.79 Å². The summed E-state index contributed by atoms with van der Waals surface area (Å²) in [5, 5.41) is 6.55. The summed E-state index contributed by atoms with van der Waals surface area (Å²) < 4.78 is 36.9. The van der Waals surface area contributed by atoms with Crippen LogP contribution in [0.5, 0.6) is 0 Å². The smallest absolute Gasteiger partial charge is 0.242 e. The van der Waals surface area contributed by atoms with Crippen LogP contribution in [0.15, 0.2) is 48.8 Å². The molecule has 2 aromatic carbocycles. The lowest BCUT2D eigenvalue weighted by atomic mass is 9.63.